The molecule has 3 rings (SSSR count). The monoisotopic (exact) mass is 292 g/mol. The maximum absolute atomic E-state index is 12.1. The summed E-state index contributed by atoms with van der Waals surface area (Å²) in [6, 6.07) is 14.9. The predicted molar refractivity (Wildman–Crippen MR) is 84.1 cm³/mol. The molecular formula is C17H16N4O. The van der Waals surface area contributed by atoms with Crippen LogP contribution in [0.5, 0.6) is 0 Å². The van der Waals surface area contributed by atoms with Gasteiger partial charge in [-0.3, -0.25) is 9.78 Å². The van der Waals surface area contributed by atoms with Gasteiger partial charge in [-0.05, 0) is 24.6 Å². The number of benzene rings is 1. The molecule has 5 heteroatoms. The number of pyridine rings is 1. The van der Waals surface area contributed by atoms with Gasteiger partial charge < -0.3 is 10.3 Å². The molecule has 5 nitrogen and oxygen atoms in total. The highest BCUT2D eigenvalue weighted by Crippen LogP contribution is 2.18. The average molecular weight is 292 g/mol. The van der Waals surface area contributed by atoms with Gasteiger partial charge in [-0.25, -0.2) is 4.98 Å². The van der Waals surface area contributed by atoms with Crippen LogP contribution in [0.4, 0.5) is 0 Å². The van der Waals surface area contributed by atoms with Crippen LogP contribution in [0.15, 0.2) is 60.9 Å². The Morgan fingerprint density at radius 1 is 1.09 bits per heavy atom. The zero-order chi connectivity index (χ0) is 15.4. The Morgan fingerprint density at radius 3 is 2.59 bits per heavy atom. The zero-order valence-electron chi connectivity index (χ0n) is 12.2. The molecule has 1 aromatic carbocycles. The number of rotatable bonds is 4. The summed E-state index contributed by atoms with van der Waals surface area (Å²) < 4.78 is 0. The fraction of sp³-hybridized carbons (Fsp3) is 0.118. The second kappa shape index (κ2) is 6.22. The van der Waals surface area contributed by atoms with Crippen molar-refractivity contribution < 1.29 is 4.79 Å². The maximum Gasteiger partial charge on any atom is 0.270 e. The van der Waals surface area contributed by atoms with E-state index in [4.69, 9.17) is 0 Å². The Labute approximate surface area is 128 Å². The molecule has 1 amide bonds. The van der Waals surface area contributed by atoms with Gasteiger partial charge in [0.2, 0.25) is 0 Å². The molecule has 0 aliphatic rings. The smallest absolute Gasteiger partial charge is 0.270 e. The summed E-state index contributed by atoms with van der Waals surface area (Å²) >= 11 is 0. The predicted octanol–water partition coefficient (Wildman–Crippen LogP) is 2.96. The van der Waals surface area contributed by atoms with Crippen molar-refractivity contribution in [1.29, 1.82) is 0 Å². The molecule has 2 heterocycles. The Balaban J connectivity index is 1.72. The lowest BCUT2D eigenvalue weighted by molar-refractivity contribution is 0.0933. The molecule has 0 fully saturated rings. The molecule has 3 aromatic rings. The first-order valence-electron chi connectivity index (χ1n) is 7.06. The third kappa shape index (κ3) is 3.03. The Morgan fingerprint density at radius 2 is 1.86 bits per heavy atom. The van der Waals surface area contributed by atoms with Crippen LogP contribution in [-0.2, 0) is 0 Å². The number of carbonyl (C=O) groups excluding carboxylic acids is 1. The molecule has 0 saturated carbocycles. The largest absolute Gasteiger partial charge is 0.341 e. The second-order valence-corrected chi connectivity index (χ2v) is 4.96. The molecule has 0 radical (unpaired) electrons. The molecule has 0 aliphatic heterocycles. The minimum atomic E-state index is -0.230. The number of imidazole rings is 1. The Kier molecular flexibility index (Phi) is 3.96. The Hall–Kier alpha value is -2.95. The van der Waals surface area contributed by atoms with E-state index in [-0.39, 0.29) is 11.9 Å². The van der Waals surface area contributed by atoms with Crippen molar-refractivity contribution in [2.24, 2.45) is 0 Å². The molecule has 110 valence electrons. The SMILES string of the molecule is C[C@@H](NC(=O)c1ccccn1)c1ncc(-c2ccccc2)[nH]1. The van der Waals surface area contributed by atoms with E-state index in [1.807, 2.05) is 37.3 Å². The van der Waals surface area contributed by atoms with E-state index in [9.17, 15) is 4.79 Å². The summed E-state index contributed by atoms with van der Waals surface area (Å²) in [5.41, 5.74) is 2.38. The van der Waals surface area contributed by atoms with Crippen molar-refractivity contribution in [2.75, 3.05) is 0 Å². The third-order valence-electron chi connectivity index (χ3n) is 3.34. The van der Waals surface area contributed by atoms with Crippen molar-refractivity contribution in [3.63, 3.8) is 0 Å². The van der Waals surface area contributed by atoms with Gasteiger partial charge >= 0.3 is 0 Å². The summed E-state index contributed by atoms with van der Waals surface area (Å²) in [6.07, 6.45) is 3.37. The number of aromatic amines is 1. The number of nitrogens with zero attached hydrogens (tertiary/aromatic N) is 2. The minimum absolute atomic E-state index is 0.217. The minimum Gasteiger partial charge on any atom is -0.341 e. The highest BCUT2D eigenvalue weighted by molar-refractivity contribution is 5.92. The van der Waals surface area contributed by atoms with Gasteiger partial charge in [-0.15, -0.1) is 0 Å². The number of aromatic nitrogens is 3. The van der Waals surface area contributed by atoms with Gasteiger partial charge in [0.05, 0.1) is 17.9 Å². The van der Waals surface area contributed by atoms with Gasteiger partial charge in [-0.1, -0.05) is 36.4 Å². The Bertz CT molecular complexity index is 753. The standard InChI is InChI=1S/C17H16N4O/c1-12(20-17(22)14-9-5-6-10-18-14)16-19-11-15(21-16)13-7-3-2-4-8-13/h2-12H,1H3,(H,19,21)(H,20,22)/t12-/m1/s1. The van der Waals surface area contributed by atoms with Gasteiger partial charge in [0.15, 0.2) is 0 Å². The quantitative estimate of drug-likeness (QED) is 0.776. The fourth-order valence-electron chi connectivity index (χ4n) is 2.16. The molecular weight excluding hydrogens is 276 g/mol. The van der Waals surface area contributed by atoms with Crippen LogP contribution >= 0.6 is 0 Å². The molecule has 2 N–H and O–H groups in total. The highest BCUT2D eigenvalue weighted by atomic mass is 16.1. The number of amides is 1. The molecule has 0 spiro atoms. The van der Waals surface area contributed by atoms with Crippen molar-refractivity contribution >= 4 is 5.91 Å². The van der Waals surface area contributed by atoms with E-state index in [2.05, 4.69) is 20.3 Å². The van der Waals surface area contributed by atoms with Crippen molar-refractivity contribution in [1.82, 2.24) is 20.3 Å². The van der Waals surface area contributed by atoms with Crippen LogP contribution in [0.3, 0.4) is 0 Å². The third-order valence-corrected chi connectivity index (χ3v) is 3.34. The van der Waals surface area contributed by atoms with Crippen LogP contribution < -0.4 is 5.32 Å². The number of hydrogen-bond acceptors (Lipinski definition) is 3. The maximum atomic E-state index is 12.1. The van der Waals surface area contributed by atoms with Crippen molar-refractivity contribution in [2.45, 2.75) is 13.0 Å². The van der Waals surface area contributed by atoms with Gasteiger partial charge in [0.1, 0.15) is 11.5 Å². The summed E-state index contributed by atoms with van der Waals surface area (Å²) in [4.78, 5) is 23.7. The van der Waals surface area contributed by atoms with Crippen LogP contribution in [-0.4, -0.2) is 20.9 Å². The molecule has 0 aliphatic carbocycles. The fourth-order valence-corrected chi connectivity index (χ4v) is 2.16. The number of hydrogen-bond donors (Lipinski definition) is 2. The van der Waals surface area contributed by atoms with E-state index in [0.29, 0.717) is 11.5 Å². The molecule has 0 saturated heterocycles. The first-order chi connectivity index (χ1) is 10.7. The van der Waals surface area contributed by atoms with Crippen LogP contribution in [0.25, 0.3) is 11.3 Å². The number of nitrogens with one attached hydrogen (secondary N) is 2. The first kappa shape index (κ1) is 14.0. The normalized spacial score (nSPS) is 11.9. The highest BCUT2D eigenvalue weighted by Gasteiger charge is 2.15. The van der Waals surface area contributed by atoms with Crippen molar-refractivity contribution in [3.8, 4) is 11.3 Å². The average Bonchev–Trinajstić information content (AvgIpc) is 3.06. The molecule has 1 atom stereocenters. The second-order valence-electron chi connectivity index (χ2n) is 4.96. The van der Waals surface area contributed by atoms with Gasteiger partial charge in [0.25, 0.3) is 5.91 Å². The number of carbonyl (C=O) groups is 1. The van der Waals surface area contributed by atoms with E-state index >= 15 is 0 Å². The molecule has 0 bridgehead atoms. The molecule has 2 aromatic heterocycles. The summed E-state index contributed by atoms with van der Waals surface area (Å²) in [5, 5.41) is 2.88. The lowest BCUT2D eigenvalue weighted by atomic mass is 10.2. The first-order valence-corrected chi connectivity index (χ1v) is 7.06. The lowest BCUT2D eigenvalue weighted by Crippen LogP contribution is -2.28. The lowest BCUT2D eigenvalue weighted by Gasteiger charge is -2.11. The van der Waals surface area contributed by atoms with E-state index in [0.717, 1.165) is 11.3 Å². The van der Waals surface area contributed by atoms with Gasteiger partial charge in [0, 0.05) is 6.20 Å². The van der Waals surface area contributed by atoms with E-state index < -0.39 is 0 Å². The molecule has 0 unspecified atom stereocenters. The molecule has 22 heavy (non-hydrogen) atoms. The van der Waals surface area contributed by atoms with E-state index in [1.54, 1.807) is 30.6 Å². The topological polar surface area (TPSA) is 70.7 Å². The van der Waals surface area contributed by atoms with Crippen LogP contribution in [0.2, 0.25) is 0 Å². The summed E-state index contributed by atoms with van der Waals surface area (Å²) in [6.45, 7) is 1.88. The number of H-pyrrole nitrogens is 1. The van der Waals surface area contributed by atoms with Crippen LogP contribution in [0.1, 0.15) is 29.3 Å². The zero-order valence-corrected chi connectivity index (χ0v) is 12.2. The van der Waals surface area contributed by atoms with Crippen LogP contribution in [0, 0.1) is 0 Å². The summed E-state index contributed by atoms with van der Waals surface area (Å²) in [5.74, 6) is 0.494. The van der Waals surface area contributed by atoms with Crippen molar-refractivity contribution in [3.05, 3.63) is 72.4 Å². The van der Waals surface area contributed by atoms with E-state index in [1.165, 1.54) is 0 Å². The summed E-state index contributed by atoms with van der Waals surface area (Å²) in [7, 11) is 0. The van der Waals surface area contributed by atoms with Gasteiger partial charge in [-0.2, -0.15) is 0 Å².